The van der Waals surface area contributed by atoms with Crippen LogP contribution in [0.15, 0.2) is 0 Å². The van der Waals surface area contributed by atoms with Gasteiger partial charge in [0.25, 0.3) is 0 Å². The zero-order valence-corrected chi connectivity index (χ0v) is 22.4. The van der Waals surface area contributed by atoms with Gasteiger partial charge in [0.05, 0.1) is 17.8 Å². The van der Waals surface area contributed by atoms with Gasteiger partial charge >= 0.3 is 0 Å². The quantitative estimate of drug-likeness (QED) is 0.186. The average Bonchev–Trinajstić information content (AvgIpc) is 3.55. The molecule has 0 spiro atoms. The van der Waals surface area contributed by atoms with Gasteiger partial charge in [-0.1, -0.05) is 13.8 Å². The Kier molecular flexibility index (Phi) is 12.6. The van der Waals surface area contributed by atoms with Crippen LogP contribution in [-0.4, -0.2) is 70.0 Å². The predicted molar refractivity (Wildman–Crippen MR) is 138 cm³/mol. The number of hydrogen-bond acceptors (Lipinski definition) is 6. The van der Waals surface area contributed by atoms with Crippen molar-refractivity contribution in [3.05, 3.63) is 0 Å². The molecule has 0 aromatic carbocycles. The summed E-state index contributed by atoms with van der Waals surface area (Å²) >= 11 is 0. The molecule has 0 aromatic rings. The number of aliphatic hydroxyl groups is 3. The highest BCUT2D eigenvalue weighted by molar-refractivity contribution is 5.80. The van der Waals surface area contributed by atoms with Crippen LogP contribution < -0.4 is 16.0 Å². The summed E-state index contributed by atoms with van der Waals surface area (Å²) in [4.78, 5) is 38.0. The summed E-state index contributed by atoms with van der Waals surface area (Å²) in [6.45, 7) is 6.22. The van der Waals surface area contributed by atoms with E-state index in [0.29, 0.717) is 58.0 Å². The molecule has 0 aromatic heterocycles. The molecule has 0 bridgehead atoms. The zero-order chi connectivity index (χ0) is 26.7. The van der Waals surface area contributed by atoms with Gasteiger partial charge in [-0.15, -0.1) is 0 Å². The summed E-state index contributed by atoms with van der Waals surface area (Å²) in [5, 5.41) is 38.1. The fourth-order valence-corrected chi connectivity index (χ4v) is 4.75. The smallest absolute Gasteiger partial charge is 0.223 e. The fourth-order valence-electron chi connectivity index (χ4n) is 4.75. The van der Waals surface area contributed by atoms with Crippen molar-refractivity contribution in [2.24, 2.45) is 17.8 Å². The third kappa shape index (κ3) is 11.6. The predicted octanol–water partition coefficient (Wildman–Crippen LogP) is 1.77. The van der Waals surface area contributed by atoms with Crippen molar-refractivity contribution in [2.45, 2.75) is 122 Å². The minimum absolute atomic E-state index is 0.00389. The largest absolute Gasteiger partial charge is 0.393 e. The van der Waals surface area contributed by atoms with Crippen LogP contribution in [0, 0.1) is 17.8 Å². The highest BCUT2D eigenvalue weighted by atomic mass is 16.3. The van der Waals surface area contributed by atoms with Gasteiger partial charge in [-0.25, -0.2) is 0 Å². The van der Waals surface area contributed by atoms with Crippen molar-refractivity contribution in [2.75, 3.05) is 13.1 Å². The topological polar surface area (TPSA) is 148 Å². The SMILES string of the molecule is CC(O)CCNC(=O)C(C)CCC(CCC(C)C(=O)NC1CCCC(O)C1)C(=O)NCCC1(O)CC1. The first-order valence-electron chi connectivity index (χ1n) is 13.9. The Morgan fingerprint density at radius 2 is 1.47 bits per heavy atom. The number of hydrogen-bond donors (Lipinski definition) is 6. The lowest BCUT2D eigenvalue weighted by molar-refractivity contribution is -0.128. The number of amides is 3. The molecule has 6 unspecified atom stereocenters. The van der Waals surface area contributed by atoms with E-state index in [-0.39, 0.29) is 47.6 Å². The molecular weight excluding hydrogens is 462 g/mol. The first kappa shape index (κ1) is 30.5. The molecule has 0 aliphatic heterocycles. The minimum Gasteiger partial charge on any atom is -0.393 e. The first-order chi connectivity index (χ1) is 17.0. The van der Waals surface area contributed by atoms with Crippen LogP contribution in [0.2, 0.25) is 0 Å². The Morgan fingerprint density at radius 1 is 0.861 bits per heavy atom. The molecular formula is C27H49N3O6. The lowest BCUT2D eigenvalue weighted by Gasteiger charge is -2.28. The van der Waals surface area contributed by atoms with Crippen molar-refractivity contribution in [3.8, 4) is 0 Å². The molecule has 9 heteroatoms. The van der Waals surface area contributed by atoms with Crippen molar-refractivity contribution in [3.63, 3.8) is 0 Å². The molecule has 208 valence electrons. The Morgan fingerprint density at radius 3 is 2.06 bits per heavy atom. The van der Waals surface area contributed by atoms with E-state index in [1.54, 1.807) is 6.92 Å². The molecule has 6 N–H and O–H groups in total. The molecule has 9 nitrogen and oxygen atoms in total. The lowest BCUT2D eigenvalue weighted by Crippen LogP contribution is -2.42. The van der Waals surface area contributed by atoms with E-state index in [0.717, 1.165) is 32.1 Å². The van der Waals surface area contributed by atoms with E-state index in [1.165, 1.54) is 0 Å². The second-order valence-electron chi connectivity index (χ2n) is 11.4. The van der Waals surface area contributed by atoms with E-state index < -0.39 is 11.7 Å². The van der Waals surface area contributed by atoms with Gasteiger partial charge in [-0.3, -0.25) is 14.4 Å². The van der Waals surface area contributed by atoms with Gasteiger partial charge < -0.3 is 31.3 Å². The molecule has 36 heavy (non-hydrogen) atoms. The minimum atomic E-state index is -0.624. The van der Waals surface area contributed by atoms with Gasteiger partial charge in [0, 0.05) is 36.9 Å². The van der Waals surface area contributed by atoms with Gasteiger partial charge in [-0.05, 0) is 84.0 Å². The Hall–Kier alpha value is -1.71. The molecule has 0 heterocycles. The van der Waals surface area contributed by atoms with E-state index in [2.05, 4.69) is 16.0 Å². The molecule has 2 fully saturated rings. The van der Waals surface area contributed by atoms with Crippen LogP contribution in [-0.2, 0) is 14.4 Å². The third-order valence-corrected chi connectivity index (χ3v) is 7.73. The monoisotopic (exact) mass is 511 g/mol. The summed E-state index contributed by atoms with van der Waals surface area (Å²) in [7, 11) is 0. The highest BCUT2D eigenvalue weighted by Crippen LogP contribution is 2.37. The maximum absolute atomic E-state index is 13.0. The molecule has 2 rings (SSSR count). The van der Waals surface area contributed by atoms with E-state index in [1.807, 2.05) is 13.8 Å². The number of carbonyl (C=O) groups is 3. The maximum Gasteiger partial charge on any atom is 0.223 e. The van der Waals surface area contributed by atoms with Crippen molar-refractivity contribution < 1.29 is 29.7 Å². The van der Waals surface area contributed by atoms with Crippen LogP contribution in [0.25, 0.3) is 0 Å². The number of nitrogens with one attached hydrogen (secondary N) is 3. The van der Waals surface area contributed by atoms with Gasteiger partial charge in [0.1, 0.15) is 0 Å². The highest BCUT2D eigenvalue weighted by Gasteiger charge is 2.39. The number of carbonyl (C=O) groups excluding carboxylic acids is 3. The van der Waals surface area contributed by atoms with E-state index in [9.17, 15) is 29.7 Å². The molecule has 3 amide bonds. The van der Waals surface area contributed by atoms with Crippen molar-refractivity contribution in [1.82, 2.24) is 16.0 Å². The first-order valence-corrected chi connectivity index (χ1v) is 13.9. The van der Waals surface area contributed by atoms with Crippen LogP contribution in [0.1, 0.15) is 97.8 Å². The van der Waals surface area contributed by atoms with E-state index in [4.69, 9.17) is 0 Å². The fraction of sp³-hybridized carbons (Fsp3) is 0.889. The lowest BCUT2D eigenvalue weighted by atomic mass is 9.88. The van der Waals surface area contributed by atoms with Gasteiger partial charge in [0.2, 0.25) is 17.7 Å². The van der Waals surface area contributed by atoms with Crippen LogP contribution in [0.5, 0.6) is 0 Å². The van der Waals surface area contributed by atoms with Crippen LogP contribution >= 0.6 is 0 Å². The van der Waals surface area contributed by atoms with Crippen LogP contribution in [0.4, 0.5) is 0 Å². The molecule has 0 saturated heterocycles. The standard InChI is InChI=1S/C27H49N3O6/c1-18(24(33)28-15-11-20(3)31)7-9-21(26(35)29-16-14-27(36)12-13-27)10-8-19(2)25(34)30-22-5-4-6-23(32)17-22/h18-23,31-32,36H,4-17H2,1-3H3,(H,28,33)(H,29,35)(H,30,34). The molecule has 0 radical (unpaired) electrons. The number of rotatable bonds is 16. The normalized spacial score (nSPS) is 24.2. The molecule has 2 aliphatic rings. The second kappa shape index (κ2) is 14.9. The maximum atomic E-state index is 13.0. The van der Waals surface area contributed by atoms with E-state index >= 15 is 0 Å². The number of aliphatic hydroxyl groups excluding tert-OH is 2. The van der Waals surface area contributed by atoms with Crippen molar-refractivity contribution in [1.29, 1.82) is 0 Å². The third-order valence-electron chi connectivity index (χ3n) is 7.73. The van der Waals surface area contributed by atoms with Crippen molar-refractivity contribution >= 4 is 17.7 Å². The average molecular weight is 512 g/mol. The summed E-state index contributed by atoms with van der Waals surface area (Å²) < 4.78 is 0. The summed E-state index contributed by atoms with van der Waals surface area (Å²) in [5.74, 6) is -1.07. The van der Waals surface area contributed by atoms with Gasteiger partial charge in [-0.2, -0.15) is 0 Å². The molecule has 2 saturated carbocycles. The van der Waals surface area contributed by atoms with Gasteiger partial charge in [0.15, 0.2) is 0 Å². The summed E-state index contributed by atoms with van der Waals surface area (Å²) in [5.41, 5.74) is -0.624. The summed E-state index contributed by atoms with van der Waals surface area (Å²) in [6, 6.07) is 0.00389. The second-order valence-corrected chi connectivity index (χ2v) is 11.4. The van der Waals surface area contributed by atoms with Crippen LogP contribution in [0.3, 0.4) is 0 Å². The Balaban J connectivity index is 1.83. The zero-order valence-electron chi connectivity index (χ0n) is 22.4. The molecule has 2 aliphatic carbocycles. The Labute approximate surface area is 216 Å². The summed E-state index contributed by atoms with van der Waals surface area (Å²) in [6.07, 6.45) is 7.09. The Bertz CT molecular complexity index is 712. The molecule has 6 atom stereocenters.